The molecule has 0 radical (unpaired) electrons. The molecule has 3 heterocycles. The summed E-state index contributed by atoms with van der Waals surface area (Å²) in [5.41, 5.74) is 1.51. The summed E-state index contributed by atoms with van der Waals surface area (Å²) in [5.74, 6) is 0.292. The number of hydrogen-bond acceptors (Lipinski definition) is 6. The maximum atomic E-state index is 13.1. The number of carbonyl (C=O) groups excluding carboxylic acids is 1. The number of hydrogen-bond donors (Lipinski definition) is 1. The van der Waals surface area contributed by atoms with Gasteiger partial charge in [-0.25, -0.2) is 9.97 Å². The molecule has 1 amide bonds. The van der Waals surface area contributed by atoms with Gasteiger partial charge in [0.25, 0.3) is 5.56 Å². The number of anilines is 2. The van der Waals surface area contributed by atoms with Crippen LogP contribution in [-0.4, -0.2) is 38.5 Å². The van der Waals surface area contributed by atoms with Gasteiger partial charge in [0.05, 0.1) is 0 Å². The van der Waals surface area contributed by atoms with Gasteiger partial charge in [-0.1, -0.05) is 24.6 Å². The molecule has 0 spiro atoms. The minimum atomic E-state index is -0.718. The molecule has 1 atom stereocenters. The summed E-state index contributed by atoms with van der Waals surface area (Å²) in [6, 6.07) is 4.57. The fraction of sp³-hybridized carbons (Fsp3) is 0.409. The van der Waals surface area contributed by atoms with Crippen molar-refractivity contribution in [2.24, 2.45) is 0 Å². The minimum absolute atomic E-state index is 0.299. The molecular formula is C22H25ClN6O2. The van der Waals surface area contributed by atoms with Crippen LogP contribution in [0.1, 0.15) is 44.2 Å². The first-order valence-electron chi connectivity index (χ1n) is 10.5. The fourth-order valence-corrected chi connectivity index (χ4v) is 4.02. The van der Waals surface area contributed by atoms with Crippen LogP contribution in [0.3, 0.4) is 0 Å². The van der Waals surface area contributed by atoms with E-state index in [4.69, 9.17) is 11.6 Å². The van der Waals surface area contributed by atoms with E-state index in [-0.39, 0.29) is 11.5 Å². The van der Waals surface area contributed by atoms with E-state index < -0.39 is 6.04 Å². The molecule has 1 aromatic carbocycles. The number of nitrogens with one attached hydrogen (secondary N) is 1. The number of amides is 1. The predicted molar refractivity (Wildman–Crippen MR) is 122 cm³/mol. The number of carbonyl (C=O) groups is 1. The second-order valence-electron chi connectivity index (χ2n) is 7.78. The third-order valence-electron chi connectivity index (χ3n) is 5.65. The molecular weight excluding hydrogens is 416 g/mol. The van der Waals surface area contributed by atoms with E-state index in [1.54, 1.807) is 12.1 Å². The summed E-state index contributed by atoms with van der Waals surface area (Å²) in [6.45, 7) is 5.54. The molecule has 162 valence electrons. The quantitative estimate of drug-likeness (QED) is 0.649. The molecule has 1 aliphatic heterocycles. The van der Waals surface area contributed by atoms with Gasteiger partial charge >= 0.3 is 0 Å². The molecule has 9 heteroatoms. The molecule has 4 rings (SSSR count). The van der Waals surface area contributed by atoms with Gasteiger partial charge in [0.2, 0.25) is 11.9 Å². The zero-order valence-corrected chi connectivity index (χ0v) is 18.4. The average molecular weight is 441 g/mol. The Morgan fingerprint density at radius 1 is 1.23 bits per heavy atom. The maximum Gasteiger partial charge on any atom is 0.265 e. The van der Waals surface area contributed by atoms with Crippen LogP contribution in [-0.2, 0) is 4.79 Å². The number of aryl methyl sites for hydroxylation is 1. The highest BCUT2D eigenvalue weighted by Crippen LogP contribution is 2.22. The Labute approximate surface area is 185 Å². The molecule has 0 unspecified atom stereocenters. The van der Waals surface area contributed by atoms with E-state index in [0.29, 0.717) is 34.1 Å². The van der Waals surface area contributed by atoms with Crippen LogP contribution in [0.4, 0.5) is 11.6 Å². The molecule has 2 aromatic heterocycles. The summed E-state index contributed by atoms with van der Waals surface area (Å²) in [5, 5.41) is 3.71. The smallest absolute Gasteiger partial charge is 0.265 e. The van der Waals surface area contributed by atoms with Crippen molar-refractivity contribution < 1.29 is 4.79 Å². The lowest BCUT2D eigenvalue weighted by atomic mass is 10.1. The second kappa shape index (κ2) is 9.01. The summed E-state index contributed by atoms with van der Waals surface area (Å²) in [6.07, 6.45) is 6.76. The zero-order valence-electron chi connectivity index (χ0n) is 17.6. The zero-order chi connectivity index (χ0) is 22.0. The lowest BCUT2D eigenvalue weighted by Gasteiger charge is -2.26. The molecule has 1 saturated heterocycles. The standard InChI is InChI=1S/C22H25ClN6O2/c1-3-18(20(30)26-17-11-15(23)8-7-14(17)2)29-13-25-19-16(21(29)31)12-24-22(27-19)28-9-5-4-6-10-28/h7-8,11-13,18H,3-6,9-10H2,1-2H3,(H,26,30)/t18-/m0/s1. The van der Waals surface area contributed by atoms with Crippen LogP contribution in [0.15, 0.2) is 35.5 Å². The Bertz CT molecular complexity index is 1170. The SMILES string of the molecule is CC[C@@H](C(=O)Nc1cc(Cl)ccc1C)n1cnc2nc(N3CCCCC3)ncc2c1=O. The molecule has 1 N–H and O–H groups in total. The van der Waals surface area contributed by atoms with Gasteiger partial charge in [-0.15, -0.1) is 0 Å². The maximum absolute atomic E-state index is 13.1. The first-order valence-corrected chi connectivity index (χ1v) is 10.9. The predicted octanol–water partition coefficient (Wildman–Crippen LogP) is 3.73. The summed E-state index contributed by atoms with van der Waals surface area (Å²) in [7, 11) is 0. The average Bonchev–Trinajstić information content (AvgIpc) is 2.78. The number of benzene rings is 1. The summed E-state index contributed by atoms with van der Waals surface area (Å²) < 4.78 is 1.35. The summed E-state index contributed by atoms with van der Waals surface area (Å²) >= 11 is 6.06. The number of fused-ring (bicyclic) bond motifs is 1. The van der Waals surface area contributed by atoms with Gasteiger partial charge in [0.1, 0.15) is 17.8 Å². The molecule has 1 aliphatic rings. The van der Waals surface area contributed by atoms with E-state index in [1.807, 2.05) is 19.9 Å². The third-order valence-corrected chi connectivity index (χ3v) is 5.88. The van der Waals surface area contributed by atoms with Crippen molar-refractivity contribution in [2.45, 2.75) is 45.6 Å². The van der Waals surface area contributed by atoms with Crippen LogP contribution >= 0.6 is 11.6 Å². The van der Waals surface area contributed by atoms with Gasteiger partial charge in [-0.05, 0) is 50.3 Å². The van der Waals surface area contributed by atoms with E-state index in [0.717, 1.165) is 31.5 Å². The van der Waals surface area contributed by atoms with Gasteiger partial charge < -0.3 is 10.2 Å². The van der Waals surface area contributed by atoms with Gasteiger partial charge in [-0.2, -0.15) is 4.98 Å². The number of nitrogens with zero attached hydrogens (tertiary/aromatic N) is 5. The van der Waals surface area contributed by atoms with Crippen molar-refractivity contribution in [1.82, 2.24) is 19.5 Å². The molecule has 0 saturated carbocycles. The molecule has 0 aliphatic carbocycles. The highest BCUT2D eigenvalue weighted by molar-refractivity contribution is 6.31. The number of piperidine rings is 1. The van der Waals surface area contributed by atoms with Gasteiger partial charge in [-0.3, -0.25) is 14.2 Å². The Kier molecular flexibility index (Phi) is 6.18. The molecule has 8 nitrogen and oxygen atoms in total. The van der Waals surface area contributed by atoms with E-state index in [2.05, 4.69) is 25.2 Å². The van der Waals surface area contributed by atoms with Crippen LogP contribution in [0.2, 0.25) is 5.02 Å². The van der Waals surface area contributed by atoms with Crippen molar-refractivity contribution in [3.63, 3.8) is 0 Å². The lowest BCUT2D eigenvalue weighted by molar-refractivity contribution is -0.119. The minimum Gasteiger partial charge on any atom is -0.341 e. The van der Waals surface area contributed by atoms with Crippen molar-refractivity contribution in [3.05, 3.63) is 51.7 Å². The normalized spacial score (nSPS) is 15.1. The molecule has 3 aromatic rings. The monoisotopic (exact) mass is 440 g/mol. The summed E-state index contributed by atoms with van der Waals surface area (Å²) in [4.78, 5) is 41.5. The van der Waals surface area contributed by atoms with E-state index in [9.17, 15) is 9.59 Å². The van der Waals surface area contributed by atoms with Crippen LogP contribution < -0.4 is 15.8 Å². The fourth-order valence-electron chi connectivity index (χ4n) is 3.84. The van der Waals surface area contributed by atoms with Crippen LogP contribution in [0, 0.1) is 6.92 Å². The van der Waals surface area contributed by atoms with E-state index >= 15 is 0 Å². The Hall–Kier alpha value is -3.00. The van der Waals surface area contributed by atoms with Crippen molar-refractivity contribution in [3.8, 4) is 0 Å². The first kappa shape index (κ1) is 21.2. The second-order valence-corrected chi connectivity index (χ2v) is 8.22. The van der Waals surface area contributed by atoms with Crippen molar-refractivity contribution >= 4 is 40.2 Å². The van der Waals surface area contributed by atoms with E-state index in [1.165, 1.54) is 23.5 Å². The molecule has 0 bridgehead atoms. The van der Waals surface area contributed by atoms with Gasteiger partial charge in [0, 0.05) is 30.0 Å². The number of rotatable bonds is 5. The van der Waals surface area contributed by atoms with Crippen molar-refractivity contribution in [1.29, 1.82) is 0 Å². The largest absolute Gasteiger partial charge is 0.341 e. The molecule has 1 fully saturated rings. The first-order chi connectivity index (χ1) is 15.0. The number of aromatic nitrogens is 4. The highest BCUT2D eigenvalue weighted by Gasteiger charge is 2.23. The van der Waals surface area contributed by atoms with Crippen LogP contribution in [0.5, 0.6) is 0 Å². The Balaban J connectivity index is 1.63. The topological polar surface area (TPSA) is 93.0 Å². The lowest BCUT2D eigenvalue weighted by Crippen LogP contribution is -2.34. The highest BCUT2D eigenvalue weighted by atomic mass is 35.5. The van der Waals surface area contributed by atoms with Crippen molar-refractivity contribution in [2.75, 3.05) is 23.3 Å². The third kappa shape index (κ3) is 4.39. The molecule has 31 heavy (non-hydrogen) atoms. The van der Waals surface area contributed by atoms with Crippen LogP contribution in [0.25, 0.3) is 11.0 Å². The Morgan fingerprint density at radius 2 is 2.00 bits per heavy atom. The number of halogens is 1. The van der Waals surface area contributed by atoms with Gasteiger partial charge in [0.15, 0.2) is 5.65 Å². The Morgan fingerprint density at radius 3 is 2.74 bits per heavy atom.